The van der Waals surface area contributed by atoms with E-state index in [4.69, 9.17) is 15.3 Å². The zero-order valence-electron chi connectivity index (χ0n) is 9.50. The molecule has 1 saturated carbocycles. The largest absolute Gasteiger partial charge is 0.479 e. The lowest BCUT2D eigenvalue weighted by Crippen LogP contribution is -2.51. The van der Waals surface area contributed by atoms with Gasteiger partial charge in [-0.15, -0.1) is 0 Å². The number of carboxylic acids is 1. The van der Waals surface area contributed by atoms with E-state index in [1.807, 2.05) is 0 Å². The van der Waals surface area contributed by atoms with Gasteiger partial charge in [0, 0.05) is 12.6 Å². The fourth-order valence-electron chi connectivity index (χ4n) is 1.63. The van der Waals surface area contributed by atoms with Gasteiger partial charge in [-0.2, -0.15) is 0 Å². The first-order chi connectivity index (χ1) is 8.06. The number of hydrogen-bond donors (Lipinski definition) is 4. The van der Waals surface area contributed by atoms with Gasteiger partial charge in [0.15, 0.2) is 6.10 Å². The van der Waals surface area contributed by atoms with Crippen LogP contribution in [0.5, 0.6) is 0 Å². The Labute approximate surface area is 99.0 Å². The minimum Gasteiger partial charge on any atom is -0.479 e. The van der Waals surface area contributed by atoms with Crippen LogP contribution in [0.3, 0.4) is 0 Å². The molecule has 7 heteroatoms. The van der Waals surface area contributed by atoms with Gasteiger partial charge < -0.3 is 25.5 Å². The number of nitrogens with zero attached hydrogens (tertiary/aromatic N) is 1. The van der Waals surface area contributed by atoms with Crippen LogP contribution in [0.1, 0.15) is 19.3 Å². The van der Waals surface area contributed by atoms with Crippen molar-refractivity contribution in [3.05, 3.63) is 0 Å². The zero-order valence-corrected chi connectivity index (χ0v) is 9.50. The van der Waals surface area contributed by atoms with E-state index in [0.29, 0.717) is 0 Å². The van der Waals surface area contributed by atoms with Crippen LogP contribution >= 0.6 is 0 Å². The maximum Gasteiger partial charge on any atom is 0.334 e. The van der Waals surface area contributed by atoms with Crippen LogP contribution in [-0.2, 0) is 4.79 Å². The molecule has 0 aromatic rings. The molecule has 1 rings (SSSR count). The van der Waals surface area contributed by atoms with Crippen molar-refractivity contribution in [1.82, 2.24) is 10.2 Å². The lowest BCUT2D eigenvalue weighted by atomic mass is 9.92. The molecule has 0 unspecified atom stereocenters. The highest BCUT2D eigenvalue weighted by atomic mass is 16.4. The average molecular weight is 246 g/mol. The lowest BCUT2D eigenvalue weighted by molar-refractivity contribution is -0.146. The Hall–Kier alpha value is -1.34. The molecule has 1 fully saturated rings. The highest BCUT2D eigenvalue weighted by Crippen LogP contribution is 2.24. The summed E-state index contributed by atoms with van der Waals surface area (Å²) in [6.45, 7) is -0.242. The van der Waals surface area contributed by atoms with Crippen molar-refractivity contribution < 1.29 is 24.9 Å². The Morgan fingerprint density at radius 3 is 2.47 bits per heavy atom. The Balaban J connectivity index is 2.39. The van der Waals surface area contributed by atoms with E-state index in [2.05, 4.69) is 5.32 Å². The third-order valence-corrected chi connectivity index (χ3v) is 2.85. The lowest BCUT2D eigenvalue weighted by Gasteiger charge is -2.37. The number of aliphatic carboxylic acids is 1. The fraction of sp³-hybridized carbons (Fsp3) is 0.800. The Morgan fingerprint density at radius 2 is 2.06 bits per heavy atom. The van der Waals surface area contributed by atoms with Crippen LogP contribution in [0.4, 0.5) is 4.79 Å². The second kappa shape index (κ2) is 6.41. The Bertz CT molecular complexity index is 280. The van der Waals surface area contributed by atoms with Crippen LogP contribution in [0.2, 0.25) is 0 Å². The Morgan fingerprint density at radius 1 is 1.41 bits per heavy atom. The molecule has 0 aliphatic heterocycles. The molecule has 7 nitrogen and oxygen atoms in total. The van der Waals surface area contributed by atoms with Crippen LogP contribution in [0, 0.1) is 0 Å². The van der Waals surface area contributed by atoms with Gasteiger partial charge in [0.05, 0.1) is 13.2 Å². The predicted octanol–water partition coefficient (Wildman–Crippen LogP) is -1.01. The number of carbonyl (C=O) groups excluding carboxylic acids is 1. The molecule has 1 aliphatic rings. The number of rotatable bonds is 6. The number of amides is 2. The van der Waals surface area contributed by atoms with E-state index in [1.54, 1.807) is 0 Å². The summed E-state index contributed by atoms with van der Waals surface area (Å²) in [7, 11) is 0. The summed E-state index contributed by atoms with van der Waals surface area (Å²) in [6.07, 6.45) is 1.25. The number of carboxylic acid groups (broad SMARTS) is 1. The average Bonchev–Trinajstić information content (AvgIpc) is 2.22. The third-order valence-electron chi connectivity index (χ3n) is 2.85. The summed E-state index contributed by atoms with van der Waals surface area (Å²) in [6, 6.07) is -0.326. The molecule has 0 radical (unpaired) electrons. The molecule has 0 heterocycles. The van der Waals surface area contributed by atoms with Gasteiger partial charge in [-0.05, 0) is 19.3 Å². The molecule has 0 aromatic carbocycles. The van der Waals surface area contributed by atoms with E-state index in [9.17, 15) is 9.59 Å². The van der Waals surface area contributed by atoms with Crippen molar-refractivity contribution in [2.75, 3.05) is 19.7 Å². The van der Waals surface area contributed by atoms with Crippen molar-refractivity contribution in [3.63, 3.8) is 0 Å². The molecule has 0 saturated heterocycles. The van der Waals surface area contributed by atoms with Gasteiger partial charge in [0.2, 0.25) is 0 Å². The van der Waals surface area contributed by atoms with E-state index in [0.717, 1.165) is 19.3 Å². The number of aliphatic hydroxyl groups excluding tert-OH is 2. The van der Waals surface area contributed by atoms with Crippen molar-refractivity contribution >= 4 is 12.0 Å². The number of hydrogen-bond acceptors (Lipinski definition) is 4. The monoisotopic (exact) mass is 246 g/mol. The molecule has 0 aromatic heterocycles. The minimum absolute atomic E-state index is 0.115. The van der Waals surface area contributed by atoms with Crippen molar-refractivity contribution in [3.8, 4) is 0 Å². The van der Waals surface area contributed by atoms with Crippen LogP contribution in [0.15, 0.2) is 0 Å². The molecule has 1 atom stereocenters. The molecule has 0 bridgehead atoms. The van der Waals surface area contributed by atoms with E-state index < -0.39 is 18.1 Å². The SMILES string of the molecule is O=C(O)[C@@H](O)CNC(=O)N(CCO)C1CCC1. The van der Waals surface area contributed by atoms with Gasteiger partial charge in [0.1, 0.15) is 0 Å². The normalized spacial score (nSPS) is 17.1. The summed E-state index contributed by atoms with van der Waals surface area (Å²) in [5.74, 6) is -1.37. The summed E-state index contributed by atoms with van der Waals surface area (Å²) < 4.78 is 0. The van der Waals surface area contributed by atoms with E-state index in [-0.39, 0.29) is 25.7 Å². The van der Waals surface area contributed by atoms with Crippen molar-refractivity contribution in [2.45, 2.75) is 31.4 Å². The number of aliphatic hydroxyl groups is 2. The highest BCUT2D eigenvalue weighted by Gasteiger charge is 2.28. The summed E-state index contributed by atoms with van der Waals surface area (Å²) in [5, 5.41) is 28.7. The molecular weight excluding hydrogens is 228 g/mol. The Kier molecular flexibility index (Phi) is 5.17. The van der Waals surface area contributed by atoms with Crippen LogP contribution in [0.25, 0.3) is 0 Å². The number of carbonyl (C=O) groups is 2. The fourth-order valence-corrected chi connectivity index (χ4v) is 1.63. The molecule has 1 aliphatic carbocycles. The maximum absolute atomic E-state index is 11.7. The second-order valence-corrected chi connectivity index (χ2v) is 4.04. The van der Waals surface area contributed by atoms with Gasteiger partial charge >= 0.3 is 12.0 Å². The van der Waals surface area contributed by atoms with Gasteiger partial charge in [0.25, 0.3) is 0 Å². The van der Waals surface area contributed by atoms with E-state index in [1.165, 1.54) is 4.90 Å². The minimum atomic E-state index is -1.60. The molecule has 4 N–H and O–H groups in total. The maximum atomic E-state index is 11.7. The van der Waals surface area contributed by atoms with Crippen LogP contribution < -0.4 is 5.32 Å². The zero-order chi connectivity index (χ0) is 12.8. The molecule has 98 valence electrons. The summed E-state index contributed by atoms with van der Waals surface area (Å²) in [4.78, 5) is 23.5. The first kappa shape index (κ1) is 13.7. The summed E-state index contributed by atoms with van der Waals surface area (Å²) in [5.41, 5.74) is 0. The first-order valence-electron chi connectivity index (χ1n) is 5.62. The number of urea groups is 1. The predicted molar refractivity (Wildman–Crippen MR) is 58.5 cm³/mol. The van der Waals surface area contributed by atoms with Gasteiger partial charge in [-0.1, -0.05) is 0 Å². The third kappa shape index (κ3) is 3.86. The van der Waals surface area contributed by atoms with E-state index >= 15 is 0 Å². The highest BCUT2D eigenvalue weighted by molar-refractivity contribution is 5.77. The van der Waals surface area contributed by atoms with Crippen LogP contribution in [-0.4, -0.2) is 64.1 Å². The molecular formula is C10H18N2O5. The topological polar surface area (TPSA) is 110 Å². The standard InChI is InChI=1S/C10H18N2O5/c13-5-4-12(7-2-1-3-7)10(17)11-6-8(14)9(15)16/h7-8,13-14H,1-6H2,(H,11,17)(H,15,16)/t8-/m0/s1. The molecule has 0 spiro atoms. The smallest absolute Gasteiger partial charge is 0.334 e. The first-order valence-corrected chi connectivity index (χ1v) is 5.62. The van der Waals surface area contributed by atoms with Crippen molar-refractivity contribution in [1.29, 1.82) is 0 Å². The quantitative estimate of drug-likeness (QED) is 0.480. The van der Waals surface area contributed by atoms with Gasteiger partial charge in [-0.25, -0.2) is 9.59 Å². The van der Waals surface area contributed by atoms with Gasteiger partial charge in [-0.3, -0.25) is 0 Å². The molecule has 2 amide bonds. The number of nitrogens with one attached hydrogen (secondary N) is 1. The summed E-state index contributed by atoms with van der Waals surface area (Å²) >= 11 is 0. The second-order valence-electron chi connectivity index (χ2n) is 4.04. The molecule has 17 heavy (non-hydrogen) atoms. The van der Waals surface area contributed by atoms with Crippen molar-refractivity contribution in [2.24, 2.45) is 0 Å².